The molecule has 4 heteroatoms. The molecule has 0 aliphatic heterocycles. The number of rotatable bonds is 6. The minimum Gasteiger partial charge on any atom is -0.497 e. The number of carbonyl (C=O) groups excluding carboxylic acids is 1. The first-order valence-corrected chi connectivity index (χ1v) is 9.33. The van der Waals surface area contributed by atoms with Crippen LogP contribution in [0.15, 0.2) is 78.9 Å². The fourth-order valence-electron chi connectivity index (χ4n) is 3.99. The quantitative estimate of drug-likeness (QED) is 0.684. The topological polar surface area (TPSA) is 47.6 Å². The molecule has 0 unspecified atom stereocenters. The highest BCUT2D eigenvalue weighted by molar-refractivity contribution is 5.98. The molecule has 1 aliphatic rings. The molecule has 0 bridgehead atoms. The molecule has 142 valence electrons. The molecule has 1 aliphatic carbocycles. The zero-order valence-electron chi connectivity index (χ0n) is 16.0. The van der Waals surface area contributed by atoms with Crippen LogP contribution in [0.4, 0.5) is 5.69 Å². The van der Waals surface area contributed by atoms with E-state index in [0.717, 1.165) is 6.42 Å². The van der Waals surface area contributed by atoms with Gasteiger partial charge in [0.05, 0.1) is 25.8 Å². The lowest BCUT2D eigenvalue weighted by Gasteiger charge is -2.19. The second-order valence-corrected chi connectivity index (χ2v) is 7.02. The van der Waals surface area contributed by atoms with Gasteiger partial charge in [0.2, 0.25) is 5.91 Å². The summed E-state index contributed by atoms with van der Waals surface area (Å²) in [5, 5.41) is 3.05. The molecule has 4 rings (SSSR count). The highest BCUT2D eigenvalue weighted by Crippen LogP contribution is 2.59. The summed E-state index contributed by atoms with van der Waals surface area (Å²) in [7, 11) is 3.19. The minimum absolute atomic E-state index is 0.0146. The predicted molar refractivity (Wildman–Crippen MR) is 110 cm³/mol. The SMILES string of the molecule is COc1ccc(OC)c(NC(=O)[C@@H]2CC2(c2ccccc2)c2ccccc2)c1. The molecule has 1 N–H and O–H groups in total. The van der Waals surface area contributed by atoms with E-state index in [1.807, 2.05) is 42.5 Å². The van der Waals surface area contributed by atoms with Crippen LogP contribution in [0.1, 0.15) is 17.5 Å². The zero-order chi connectivity index (χ0) is 19.6. The minimum atomic E-state index is -0.293. The normalized spacial score (nSPS) is 16.9. The predicted octanol–water partition coefficient (Wildman–Crippen LogP) is 4.65. The smallest absolute Gasteiger partial charge is 0.228 e. The van der Waals surface area contributed by atoms with Crippen molar-refractivity contribution in [3.05, 3.63) is 90.0 Å². The van der Waals surface area contributed by atoms with Crippen LogP contribution in [-0.4, -0.2) is 20.1 Å². The van der Waals surface area contributed by atoms with Gasteiger partial charge in [-0.05, 0) is 29.7 Å². The van der Waals surface area contributed by atoms with Crippen LogP contribution in [0, 0.1) is 5.92 Å². The Morgan fingerprint density at radius 2 is 1.50 bits per heavy atom. The Morgan fingerprint density at radius 1 is 0.893 bits per heavy atom. The van der Waals surface area contributed by atoms with Gasteiger partial charge in [0.25, 0.3) is 0 Å². The van der Waals surface area contributed by atoms with Crippen LogP contribution < -0.4 is 14.8 Å². The van der Waals surface area contributed by atoms with E-state index in [0.29, 0.717) is 17.2 Å². The van der Waals surface area contributed by atoms with Crippen molar-refractivity contribution in [3.8, 4) is 11.5 Å². The molecule has 0 heterocycles. The number of methoxy groups -OCH3 is 2. The molecule has 0 radical (unpaired) electrons. The van der Waals surface area contributed by atoms with Crippen molar-refractivity contribution in [2.75, 3.05) is 19.5 Å². The number of carbonyl (C=O) groups is 1. The lowest BCUT2D eigenvalue weighted by molar-refractivity contribution is -0.117. The molecule has 3 aromatic carbocycles. The lowest BCUT2D eigenvalue weighted by atomic mass is 9.85. The van der Waals surface area contributed by atoms with Gasteiger partial charge in [0.1, 0.15) is 11.5 Å². The lowest BCUT2D eigenvalue weighted by Crippen LogP contribution is -2.22. The van der Waals surface area contributed by atoms with E-state index in [1.54, 1.807) is 26.4 Å². The summed E-state index contributed by atoms with van der Waals surface area (Å²) in [5.41, 5.74) is 2.66. The molecule has 1 fully saturated rings. The number of hydrogen-bond donors (Lipinski definition) is 1. The molecule has 1 amide bonds. The van der Waals surface area contributed by atoms with Crippen molar-refractivity contribution >= 4 is 11.6 Å². The number of ether oxygens (including phenoxy) is 2. The summed E-state index contributed by atoms with van der Waals surface area (Å²) in [6.45, 7) is 0. The summed E-state index contributed by atoms with van der Waals surface area (Å²) >= 11 is 0. The van der Waals surface area contributed by atoms with Crippen LogP contribution in [0.3, 0.4) is 0 Å². The first kappa shape index (κ1) is 18.1. The van der Waals surface area contributed by atoms with E-state index in [9.17, 15) is 4.79 Å². The number of nitrogens with one attached hydrogen (secondary N) is 1. The Hall–Kier alpha value is -3.27. The van der Waals surface area contributed by atoms with Gasteiger partial charge < -0.3 is 14.8 Å². The van der Waals surface area contributed by atoms with Crippen LogP contribution in [0.2, 0.25) is 0 Å². The summed E-state index contributed by atoms with van der Waals surface area (Å²) in [4.78, 5) is 13.2. The van der Waals surface area contributed by atoms with Gasteiger partial charge in [0.15, 0.2) is 0 Å². The Bertz CT molecular complexity index is 930. The highest BCUT2D eigenvalue weighted by atomic mass is 16.5. The zero-order valence-corrected chi connectivity index (χ0v) is 16.0. The van der Waals surface area contributed by atoms with Gasteiger partial charge in [-0.25, -0.2) is 0 Å². The molecule has 28 heavy (non-hydrogen) atoms. The maximum absolute atomic E-state index is 13.2. The monoisotopic (exact) mass is 373 g/mol. The molecule has 0 saturated heterocycles. The maximum Gasteiger partial charge on any atom is 0.228 e. The summed E-state index contributed by atoms with van der Waals surface area (Å²) in [5.74, 6) is 1.12. The molecule has 0 aromatic heterocycles. The number of benzene rings is 3. The van der Waals surface area contributed by atoms with Crippen LogP contribution in [-0.2, 0) is 10.2 Å². The Balaban J connectivity index is 1.66. The van der Waals surface area contributed by atoms with Gasteiger partial charge >= 0.3 is 0 Å². The van der Waals surface area contributed by atoms with Crippen LogP contribution in [0.5, 0.6) is 11.5 Å². The van der Waals surface area contributed by atoms with Gasteiger partial charge in [-0.3, -0.25) is 4.79 Å². The first-order valence-electron chi connectivity index (χ1n) is 9.33. The maximum atomic E-state index is 13.2. The third-order valence-corrected chi connectivity index (χ3v) is 5.52. The van der Waals surface area contributed by atoms with Gasteiger partial charge in [-0.1, -0.05) is 60.7 Å². The average Bonchev–Trinajstić information content (AvgIpc) is 3.52. The number of anilines is 1. The summed E-state index contributed by atoms with van der Waals surface area (Å²) in [6, 6.07) is 25.9. The van der Waals surface area contributed by atoms with Crippen molar-refractivity contribution < 1.29 is 14.3 Å². The second kappa shape index (κ2) is 7.39. The van der Waals surface area contributed by atoms with E-state index in [4.69, 9.17) is 9.47 Å². The molecular formula is C24H23NO3. The summed E-state index contributed by atoms with van der Waals surface area (Å²) < 4.78 is 10.7. The van der Waals surface area contributed by atoms with Gasteiger partial charge in [-0.15, -0.1) is 0 Å². The highest BCUT2D eigenvalue weighted by Gasteiger charge is 2.60. The van der Waals surface area contributed by atoms with E-state index < -0.39 is 0 Å². The Kier molecular flexibility index (Phi) is 4.78. The average molecular weight is 373 g/mol. The van der Waals surface area contributed by atoms with E-state index >= 15 is 0 Å². The third kappa shape index (κ3) is 3.11. The van der Waals surface area contributed by atoms with Crippen molar-refractivity contribution in [2.45, 2.75) is 11.8 Å². The van der Waals surface area contributed by atoms with Crippen LogP contribution >= 0.6 is 0 Å². The van der Waals surface area contributed by atoms with E-state index in [2.05, 4.69) is 29.6 Å². The Labute approximate surface area is 165 Å². The standard InChI is InChI=1S/C24H23NO3/c1-27-19-13-14-22(28-2)21(15-19)25-23(26)20-16-24(20,17-9-5-3-6-10-17)18-11-7-4-8-12-18/h3-15,20H,16H2,1-2H3,(H,25,26)/t20-/m0/s1. The van der Waals surface area contributed by atoms with Gasteiger partial charge in [0, 0.05) is 11.5 Å². The van der Waals surface area contributed by atoms with Crippen molar-refractivity contribution in [2.24, 2.45) is 5.92 Å². The van der Waals surface area contributed by atoms with E-state index in [-0.39, 0.29) is 17.2 Å². The molecule has 1 saturated carbocycles. The molecular weight excluding hydrogens is 350 g/mol. The molecule has 3 aromatic rings. The van der Waals surface area contributed by atoms with Crippen molar-refractivity contribution in [1.82, 2.24) is 0 Å². The largest absolute Gasteiger partial charge is 0.497 e. The van der Waals surface area contributed by atoms with Crippen molar-refractivity contribution in [3.63, 3.8) is 0 Å². The number of hydrogen-bond acceptors (Lipinski definition) is 3. The van der Waals surface area contributed by atoms with E-state index in [1.165, 1.54) is 11.1 Å². The first-order chi connectivity index (χ1) is 13.7. The Morgan fingerprint density at radius 3 is 2.04 bits per heavy atom. The third-order valence-electron chi connectivity index (χ3n) is 5.52. The second-order valence-electron chi connectivity index (χ2n) is 7.02. The summed E-state index contributed by atoms with van der Waals surface area (Å²) in [6.07, 6.45) is 0.777. The molecule has 1 atom stereocenters. The van der Waals surface area contributed by atoms with Gasteiger partial charge in [-0.2, -0.15) is 0 Å². The fraction of sp³-hybridized carbons (Fsp3) is 0.208. The number of amides is 1. The molecule has 0 spiro atoms. The van der Waals surface area contributed by atoms with Crippen LogP contribution in [0.25, 0.3) is 0 Å². The molecule has 4 nitrogen and oxygen atoms in total. The van der Waals surface area contributed by atoms with Crippen molar-refractivity contribution in [1.29, 1.82) is 0 Å². The fourth-order valence-corrected chi connectivity index (χ4v) is 3.99.